The topological polar surface area (TPSA) is 35.5 Å². The fourth-order valence-electron chi connectivity index (χ4n) is 2.13. The van der Waals surface area contributed by atoms with Crippen LogP contribution in [-0.2, 0) is 14.3 Å². The van der Waals surface area contributed by atoms with Gasteiger partial charge in [-0.3, -0.25) is 4.79 Å². The van der Waals surface area contributed by atoms with Crippen LogP contribution in [-0.4, -0.2) is 32.7 Å². The standard InChI is InChI=1S/C12H22O3/c1-10(13)12-5-3-11(4-6-12)9-15-8-7-14-2/h11-12H,3-9H2,1-2H3. The fourth-order valence-corrected chi connectivity index (χ4v) is 2.13. The average Bonchev–Trinajstić information content (AvgIpc) is 2.25. The van der Waals surface area contributed by atoms with E-state index in [9.17, 15) is 4.79 Å². The number of carbonyl (C=O) groups excluding carboxylic acids is 1. The molecule has 3 heteroatoms. The molecule has 1 fully saturated rings. The van der Waals surface area contributed by atoms with Crippen molar-refractivity contribution in [1.29, 1.82) is 0 Å². The normalized spacial score (nSPS) is 26.5. The van der Waals surface area contributed by atoms with E-state index in [-0.39, 0.29) is 0 Å². The molecule has 0 saturated heterocycles. The van der Waals surface area contributed by atoms with Gasteiger partial charge in [0, 0.05) is 19.6 Å². The van der Waals surface area contributed by atoms with E-state index in [0.29, 0.717) is 30.8 Å². The Hall–Kier alpha value is -0.410. The first-order chi connectivity index (χ1) is 7.24. The third-order valence-corrected chi connectivity index (χ3v) is 3.21. The quantitative estimate of drug-likeness (QED) is 0.635. The van der Waals surface area contributed by atoms with Crippen LogP contribution in [0.5, 0.6) is 0 Å². The van der Waals surface area contributed by atoms with Crippen LogP contribution >= 0.6 is 0 Å². The lowest BCUT2D eigenvalue weighted by molar-refractivity contribution is -0.122. The maximum absolute atomic E-state index is 11.2. The molecule has 88 valence electrons. The predicted octanol–water partition coefficient (Wildman–Crippen LogP) is 2.04. The fraction of sp³-hybridized carbons (Fsp3) is 0.917. The molecule has 0 aliphatic heterocycles. The zero-order valence-corrected chi connectivity index (χ0v) is 9.83. The van der Waals surface area contributed by atoms with E-state index in [1.54, 1.807) is 14.0 Å². The van der Waals surface area contributed by atoms with Gasteiger partial charge in [0.05, 0.1) is 13.2 Å². The van der Waals surface area contributed by atoms with E-state index < -0.39 is 0 Å². The summed E-state index contributed by atoms with van der Waals surface area (Å²) in [4.78, 5) is 11.2. The number of ether oxygens (including phenoxy) is 2. The molecule has 0 spiro atoms. The molecular formula is C12H22O3. The molecule has 15 heavy (non-hydrogen) atoms. The lowest BCUT2D eigenvalue weighted by atomic mass is 9.81. The van der Waals surface area contributed by atoms with E-state index in [2.05, 4.69) is 0 Å². The summed E-state index contributed by atoms with van der Waals surface area (Å²) in [7, 11) is 1.68. The average molecular weight is 214 g/mol. The van der Waals surface area contributed by atoms with Crippen molar-refractivity contribution in [2.24, 2.45) is 11.8 Å². The van der Waals surface area contributed by atoms with Crippen LogP contribution in [0.1, 0.15) is 32.6 Å². The van der Waals surface area contributed by atoms with Crippen molar-refractivity contribution < 1.29 is 14.3 Å². The van der Waals surface area contributed by atoms with Crippen LogP contribution in [0.15, 0.2) is 0 Å². The maximum Gasteiger partial charge on any atom is 0.132 e. The van der Waals surface area contributed by atoms with E-state index in [1.807, 2.05) is 0 Å². The molecule has 0 bridgehead atoms. The highest BCUT2D eigenvalue weighted by atomic mass is 16.5. The first-order valence-corrected chi connectivity index (χ1v) is 5.81. The van der Waals surface area contributed by atoms with Gasteiger partial charge < -0.3 is 9.47 Å². The second kappa shape index (κ2) is 6.96. The first kappa shape index (κ1) is 12.7. The van der Waals surface area contributed by atoms with Crippen LogP contribution < -0.4 is 0 Å². The second-order valence-electron chi connectivity index (χ2n) is 4.40. The lowest BCUT2D eigenvalue weighted by Crippen LogP contribution is -2.23. The molecule has 1 saturated carbocycles. The smallest absolute Gasteiger partial charge is 0.132 e. The molecular weight excluding hydrogens is 192 g/mol. The third kappa shape index (κ3) is 4.76. The van der Waals surface area contributed by atoms with Gasteiger partial charge in [0.1, 0.15) is 5.78 Å². The van der Waals surface area contributed by atoms with Crippen LogP contribution in [0.3, 0.4) is 0 Å². The predicted molar refractivity (Wildman–Crippen MR) is 58.8 cm³/mol. The summed E-state index contributed by atoms with van der Waals surface area (Å²) in [5.74, 6) is 1.33. The molecule has 0 aromatic heterocycles. The molecule has 1 rings (SSSR count). The van der Waals surface area contributed by atoms with Gasteiger partial charge in [-0.05, 0) is 38.5 Å². The maximum atomic E-state index is 11.2. The molecule has 0 unspecified atom stereocenters. The highest BCUT2D eigenvalue weighted by molar-refractivity contribution is 5.78. The van der Waals surface area contributed by atoms with Crippen molar-refractivity contribution in [1.82, 2.24) is 0 Å². The molecule has 0 amide bonds. The minimum atomic E-state index is 0.320. The largest absolute Gasteiger partial charge is 0.382 e. The minimum absolute atomic E-state index is 0.320. The summed E-state index contributed by atoms with van der Waals surface area (Å²) in [5.41, 5.74) is 0. The number of hydrogen-bond acceptors (Lipinski definition) is 3. The van der Waals surface area contributed by atoms with Gasteiger partial charge in [0.25, 0.3) is 0 Å². The zero-order chi connectivity index (χ0) is 11.1. The Morgan fingerprint density at radius 3 is 2.40 bits per heavy atom. The summed E-state index contributed by atoms with van der Waals surface area (Å²) in [6.45, 7) is 3.89. The van der Waals surface area contributed by atoms with Crippen LogP contribution in [0.2, 0.25) is 0 Å². The third-order valence-electron chi connectivity index (χ3n) is 3.21. The molecule has 0 aromatic carbocycles. The van der Waals surface area contributed by atoms with E-state index in [4.69, 9.17) is 9.47 Å². The zero-order valence-electron chi connectivity index (χ0n) is 9.83. The second-order valence-corrected chi connectivity index (χ2v) is 4.40. The Balaban J connectivity index is 2.07. The summed E-state index contributed by atoms with van der Waals surface area (Å²) in [5, 5.41) is 0. The SMILES string of the molecule is COCCOCC1CCC(C(C)=O)CC1. The minimum Gasteiger partial charge on any atom is -0.382 e. The van der Waals surface area contributed by atoms with E-state index in [1.165, 1.54) is 0 Å². The van der Waals surface area contributed by atoms with Crippen molar-refractivity contribution in [3.63, 3.8) is 0 Å². The molecule has 1 aliphatic carbocycles. The Morgan fingerprint density at radius 1 is 1.20 bits per heavy atom. The Morgan fingerprint density at radius 2 is 1.87 bits per heavy atom. The van der Waals surface area contributed by atoms with E-state index >= 15 is 0 Å². The van der Waals surface area contributed by atoms with Crippen LogP contribution in [0, 0.1) is 11.8 Å². The number of methoxy groups -OCH3 is 1. The van der Waals surface area contributed by atoms with Crippen LogP contribution in [0.4, 0.5) is 0 Å². The van der Waals surface area contributed by atoms with E-state index in [0.717, 1.165) is 32.3 Å². The summed E-state index contributed by atoms with van der Waals surface area (Å²) in [6, 6.07) is 0. The molecule has 0 aromatic rings. The van der Waals surface area contributed by atoms with Crippen molar-refractivity contribution in [2.45, 2.75) is 32.6 Å². The molecule has 3 nitrogen and oxygen atoms in total. The van der Waals surface area contributed by atoms with Crippen LogP contribution in [0.25, 0.3) is 0 Å². The molecule has 0 radical (unpaired) electrons. The first-order valence-electron chi connectivity index (χ1n) is 5.81. The van der Waals surface area contributed by atoms with Crippen molar-refractivity contribution in [2.75, 3.05) is 26.9 Å². The number of carbonyl (C=O) groups is 1. The van der Waals surface area contributed by atoms with Gasteiger partial charge in [0.15, 0.2) is 0 Å². The van der Waals surface area contributed by atoms with Gasteiger partial charge in [0.2, 0.25) is 0 Å². The summed E-state index contributed by atoms with van der Waals surface area (Å²) < 4.78 is 10.4. The van der Waals surface area contributed by atoms with Gasteiger partial charge in [-0.15, -0.1) is 0 Å². The van der Waals surface area contributed by atoms with Gasteiger partial charge in [-0.2, -0.15) is 0 Å². The number of Topliss-reactive ketones (excluding diaryl/α,β-unsaturated/α-hetero) is 1. The number of hydrogen-bond donors (Lipinski definition) is 0. The summed E-state index contributed by atoms with van der Waals surface area (Å²) >= 11 is 0. The Bertz CT molecular complexity index is 183. The Labute approximate surface area is 92.1 Å². The number of rotatable bonds is 6. The molecule has 0 atom stereocenters. The van der Waals surface area contributed by atoms with Gasteiger partial charge in [-0.25, -0.2) is 0 Å². The lowest BCUT2D eigenvalue weighted by Gasteiger charge is -2.26. The van der Waals surface area contributed by atoms with Crippen molar-refractivity contribution in [3.05, 3.63) is 0 Å². The monoisotopic (exact) mass is 214 g/mol. The van der Waals surface area contributed by atoms with Gasteiger partial charge in [-0.1, -0.05) is 0 Å². The molecule has 0 heterocycles. The van der Waals surface area contributed by atoms with Gasteiger partial charge >= 0.3 is 0 Å². The Kier molecular flexibility index (Phi) is 5.88. The highest BCUT2D eigenvalue weighted by Gasteiger charge is 2.23. The summed E-state index contributed by atoms with van der Waals surface area (Å²) in [6.07, 6.45) is 4.37. The number of ketones is 1. The van der Waals surface area contributed by atoms with Crippen molar-refractivity contribution >= 4 is 5.78 Å². The molecule has 1 aliphatic rings. The molecule has 0 N–H and O–H groups in total. The highest BCUT2D eigenvalue weighted by Crippen LogP contribution is 2.29. The van der Waals surface area contributed by atoms with Crippen molar-refractivity contribution in [3.8, 4) is 0 Å².